The minimum atomic E-state index is 1.04. The van der Waals surface area contributed by atoms with Crippen LogP contribution >= 0.6 is 0 Å². The first-order valence-corrected chi connectivity index (χ1v) is 6.28. The lowest BCUT2D eigenvalue weighted by Gasteiger charge is -2.07. The van der Waals surface area contributed by atoms with Gasteiger partial charge in [0.15, 0.2) is 0 Å². The van der Waals surface area contributed by atoms with Gasteiger partial charge in [-0.05, 0) is 37.1 Å². The van der Waals surface area contributed by atoms with Crippen LogP contribution in [0.1, 0.15) is 38.2 Å². The lowest BCUT2D eigenvalue weighted by atomic mass is 10.1. The fourth-order valence-electron chi connectivity index (χ4n) is 1.68. The molecule has 88 valence electrons. The first-order valence-electron chi connectivity index (χ1n) is 6.28. The van der Waals surface area contributed by atoms with Gasteiger partial charge in [0.1, 0.15) is 0 Å². The van der Waals surface area contributed by atoms with Crippen molar-refractivity contribution in [1.29, 1.82) is 0 Å². The number of nitrogens with one attached hydrogen (secondary N) is 1. The van der Waals surface area contributed by atoms with Gasteiger partial charge >= 0.3 is 0 Å². The SMILES string of the molecule is C=C(CCNCCCCC)c1ccccc1. The van der Waals surface area contributed by atoms with Crippen LogP contribution < -0.4 is 5.32 Å². The molecule has 0 heterocycles. The molecule has 0 atom stereocenters. The molecular formula is C15H23N. The van der Waals surface area contributed by atoms with Crippen LogP contribution in [0.4, 0.5) is 0 Å². The molecule has 1 nitrogen and oxygen atoms in total. The highest BCUT2D eigenvalue weighted by Gasteiger charge is 1.97. The molecule has 1 rings (SSSR count). The van der Waals surface area contributed by atoms with Crippen LogP contribution in [0.15, 0.2) is 36.9 Å². The van der Waals surface area contributed by atoms with E-state index in [1.54, 1.807) is 0 Å². The lowest BCUT2D eigenvalue weighted by Crippen LogP contribution is -2.16. The molecule has 0 aliphatic rings. The molecule has 0 aromatic heterocycles. The molecule has 0 spiro atoms. The topological polar surface area (TPSA) is 12.0 Å². The highest BCUT2D eigenvalue weighted by atomic mass is 14.8. The molecule has 0 fully saturated rings. The molecule has 0 amide bonds. The van der Waals surface area contributed by atoms with E-state index in [0.29, 0.717) is 0 Å². The Balaban J connectivity index is 2.12. The average Bonchev–Trinajstić information content (AvgIpc) is 2.34. The zero-order valence-electron chi connectivity index (χ0n) is 10.3. The van der Waals surface area contributed by atoms with Gasteiger partial charge < -0.3 is 5.32 Å². The molecule has 0 saturated carbocycles. The summed E-state index contributed by atoms with van der Waals surface area (Å²) in [6, 6.07) is 10.4. The molecule has 0 aliphatic heterocycles. The Kier molecular flexibility index (Phi) is 6.59. The average molecular weight is 217 g/mol. The zero-order chi connectivity index (χ0) is 11.6. The van der Waals surface area contributed by atoms with Crippen molar-refractivity contribution in [3.63, 3.8) is 0 Å². The van der Waals surface area contributed by atoms with Gasteiger partial charge in [0, 0.05) is 0 Å². The van der Waals surface area contributed by atoms with Gasteiger partial charge in [0.2, 0.25) is 0 Å². The summed E-state index contributed by atoms with van der Waals surface area (Å²) in [4.78, 5) is 0. The van der Waals surface area contributed by atoms with E-state index in [-0.39, 0.29) is 0 Å². The summed E-state index contributed by atoms with van der Waals surface area (Å²) in [7, 11) is 0. The smallest absolute Gasteiger partial charge is 0.000835 e. The van der Waals surface area contributed by atoms with E-state index in [9.17, 15) is 0 Å². The molecular weight excluding hydrogens is 194 g/mol. The van der Waals surface area contributed by atoms with Crippen molar-refractivity contribution >= 4 is 5.57 Å². The fraction of sp³-hybridized carbons (Fsp3) is 0.467. The number of benzene rings is 1. The Hall–Kier alpha value is -1.08. The van der Waals surface area contributed by atoms with Crippen LogP contribution in [0.25, 0.3) is 5.57 Å². The molecule has 0 bridgehead atoms. The van der Waals surface area contributed by atoms with Gasteiger partial charge in [-0.15, -0.1) is 0 Å². The summed E-state index contributed by atoms with van der Waals surface area (Å²) in [6.07, 6.45) is 4.94. The zero-order valence-corrected chi connectivity index (χ0v) is 10.3. The van der Waals surface area contributed by atoms with Gasteiger partial charge in [0.05, 0.1) is 0 Å². The minimum absolute atomic E-state index is 1.04. The normalized spacial score (nSPS) is 10.3. The Labute approximate surface area is 99.6 Å². The van der Waals surface area contributed by atoms with Crippen molar-refractivity contribution in [2.75, 3.05) is 13.1 Å². The number of rotatable bonds is 8. The maximum Gasteiger partial charge on any atom is -0.000835 e. The third kappa shape index (κ3) is 5.13. The molecule has 1 aromatic rings. The monoisotopic (exact) mass is 217 g/mol. The first-order chi connectivity index (χ1) is 7.84. The first kappa shape index (κ1) is 13.0. The molecule has 0 aliphatic carbocycles. The van der Waals surface area contributed by atoms with E-state index >= 15 is 0 Å². The summed E-state index contributed by atoms with van der Waals surface area (Å²) in [5, 5.41) is 3.46. The van der Waals surface area contributed by atoms with Crippen molar-refractivity contribution in [2.45, 2.75) is 32.6 Å². The second-order valence-electron chi connectivity index (χ2n) is 4.18. The summed E-state index contributed by atoms with van der Waals surface area (Å²) in [5.74, 6) is 0. The van der Waals surface area contributed by atoms with Crippen LogP contribution in [-0.2, 0) is 0 Å². The van der Waals surface area contributed by atoms with E-state index in [4.69, 9.17) is 0 Å². The van der Waals surface area contributed by atoms with Gasteiger partial charge in [-0.1, -0.05) is 56.7 Å². The Morgan fingerprint density at radius 3 is 2.56 bits per heavy atom. The van der Waals surface area contributed by atoms with Crippen LogP contribution in [-0.4, -0.2) is 13.1 Å². The van der Waals surface area contributed by atoms with E-state index in [1.165, 1.54) is 30.4 Å². The summed E-state index contributed by atoms with van der Waals surface area (Å²) >= 11 is 0. The third-order valence-electron chi connectivity index (χ3n) is 2.74. The quantitative estimate of drug-likeness (QED) is 0.652. The summed E-state index contributed by atoms with van der Waals surface area (Å²) in [6.45, 7) is 8.53. The Morgan fingerprint density at radius 1 is 1.12 bits per heavy atom. The Bertz CT molecular complexity index is 290. The molecule has 0 unspecified atom stereocenters. The van der Waals surface area contributed by atoms with E-state index < -0.39 is 0 Å². The van der Waals surface area contributed by atoms with Crippen molar-refractivity contribution in [1.82, 2.24) is 5.32 Å². The number of hydrogen-bond acceptors (Lipinski definition) is 1. The van der Waals surface area contributed by atoms with Gasteiger partial charge in [-0.3, -0.25) is 0 Å². The third-order valence-corrected chi connectivity index (χ3v) is 2.74. The predicted molar refractivity (Wildman–Crippen MR) is 72.5 cm³/mol. The predicted octanol–water partition coefficient (Wildman–Crippen LogP) is 3.87. The standard InChI is InChI=1S/C15H23N/c1-3-4-8-12-16-13-11-14(2)15-9-6-5-7-10-15/h5-7,9-10,16H,2-4,8,11-13H2,1H3. The van der Waals surface area contributed by atoms with Crippen LogP contribution in [0.2, 0.25) is 0 Å². The maximum absolute atomic E-state index is 4.12. The highest BCUT2D eigenvalue weighted by molar-refractivity contribution is 5.63. The second kappa shape index (κ2) is 8.12. The summed E-state index contributed by atoms with van der Waals surface area (Å²) in [5.41, 5.74) is 2.49. The summed E-state index contributed by atoms with van der Waals surface area (Å²) < 4.78 is 0. The molecule has 0 saturated heterocycles. The van der Waals surface area contributed by atoms with Crippen LogP contribution in [0.5, 0.6) is 0 Å². The molecule has 1 N–H and O–H groups in total. The van der Waals surface area contributed by atoms with Crippen LogP contribution in [0, 0.1) is 0 Å². The number of hydrogen-bond donors (Lipinski definition) is 1. The lowest BCUT2D eigenvalue weighted by molar-refractivity contribution is 0.622. The van der Waals surface area contributed by atoms with Crippen molar-refractivity contribution < 1.29 is 0 Å². The van der Waals surface area contributed by atoms with Crippen LogP contribution in [0.3, 0.4) is 0 Å². The highest BCUT2D eigenvalue weighted by Crippen LogP contribution is 2.14. The second-order valence-corrected chi connectivity index (χ2v) is 4.18. The molecule has 1 heteroatoms. The maximum atomic E-state index is 4.12. The fourth-order valence-corrected chi connectivity index (χ4v) is 1.68. The van der Waals surface area contributed by atoms with E-state index in [1.807, 2.05) is 6.07 Å². The van der Waals surface area contributed by atoms with Crippen molar-refractivity contribution in [3.05, 3.63) is 42.5 Å². The molecule has 1 aromatic carbocycles. The number of unbranched alkanes of at least 4 members (excludes halogenated alkanes) is 2. The van der Waals surface area contributed by atoms with Crippen molar-refractivity contribution in [3.8, 4) is 0 Å². The molecule has 16 heavy (non-hydrogen) atoms. The van der Waals surface area contributed by atoms with E-state index in [0.717, 1.165) is 19.5 Å². The Morgan fingerprint density at radius 2 is 1.88 bits per heavy atom. The van der Waals surface area contributed by atoms with Crippen molar-refractivity contribution in [2.24, 2.45) is 0 Å². The van der Waals surface area contributed by atoms with Gasteiger partial charge in [-0.2, -0.15) is 0 Å². The molecule has 0 radical (unpaired) electrons. The van der Waals surface area contributed by atoms with Gasteiger partial charge in [-0.25, -0.2) is 0 Å². The minimum Gasteiger partial charge on any atom is -0.316 e. The largest absolute Gasteiger partial charge is 0.316 e. The van der Waals surface area contributed by atoms with Gasteiger partial charge in [0.25, 0.3) is 0 Å². The van der Waals surface area contributed by atoms with E-state index in [2.05, 4.69) is 43.1 Å².